The Morgan fingerprint density at radius 3 is 2.55 bits per heavy atom. The third-order valence-corrected chi connectivity index (χ3v) is 3.08. The first kappa shape index (κ1) is 16.5. The van der Waals surface area contributed by atoms with Crippen molar-refractivity contribution in [1.29, 1.82) is 0 Å². The topological polar surface area (TPSA) is 58.2 Å². The Labute approximate surface area is 124 Å². The average molecular weight is 297 g/mol. The second-order valence-corrected chi connectivity index (χ2v) is 5.44. The largest absolute Gasteiger partial charge is 0.354 e. The van der Waals surface area contributed by atoms with E-state index in [0.717, 1.165) is 5.56 Å². The number of amides is 2. The third kappa shape index (κ3) is 5.21. The van der Waals surface area contributed by atoms with Crippen molar-refractivity contribution in [3.05, 3.63) is 35.4 Å². The molecule has 0 aliphatic heterocycles. The fourth-order valence-electron chi connectivity index (χ4n) is 1.60. The molecule has 1 aromatic rings. The van der Waals surface area contributed by atoms with E-state index in [1.807, 2.05) is 19.9 Å². The lowest BCUT2D eigenvalue weighted by Crippen LogP contribution is -2.45. The van der Waals surface area contributed by atoms with Gasteiger partial charge in [0, 0.05) is 18.0 Å². The monoisotopic (exact) mass is 296 g/mol. The minimum Gasteiger partial charge on any atom is -0.354 e. The van der Waals surface area contributed by atoms with Gasteiger partial charge in [-0.25, -0.2) is 0 Å². The zero-order chi connectivity index (χ0) is 15.1. The van der Waals surface area contributed by atoms with E-state index in [0.29, 0.717) is 23.9 Å². The van der Waals surface area contributed by atoms with Gasteiger partial charge < -0.3 is 10.6 Å². The van der Waals surface area contributed by atoms with Crippen molar-refractivity contribution in [2.45, 2.75) is 32.7 Å². The van der Waals surface area contributed by atoms with Crippen molar-refractivity contribution in [2.75, 3.05) is 6.54 Å². The number of nitrogens with one attached hydrogen (secondary N) is 2. The maximum Gasteiger partial charge on any atom is 0.251 e. The second-order valence-electron chi connectivity index (χ2n) is 5.17. The van der Waals surface area contributed by atoms with Gasteiger partial charge in [0.15, 0.2) is 0 Å². The van der Waals surface area contributed by atoms with Crippen LogP contribution in [0, 0.1) is 5.92 Å². The minimum atomic E-state index is -0.569. The van der Waals surface area contributed by atoms with Gasteiger partial charge in [0.2, 0.25) is 5.91 Å². The highest BCUT2D eigenvalue weighted by atomic mass is 35.5. The first-order chi connectivity index (χ1) is 9.43. The van der Waals surface area contributed by atoms with Crippen molar-refractivity contribution >= 4 is 23.4 Å². The molecule has 0 aliphatic carbocycles. The zero-order valence-electron chi connectivity index (χ0n) is 12.1. The molecule has 0 saturated heterocycles. The van der Waals surface area contributed by atoms with Gasteiger partial charge >= 0.3 is 0 Å². The van der Waals surface area contributed by atoms with Gasteiger partial charge in [-0.15, -0.1) is 11.6 Å². The van der Waals surface area contributed by atoms with Gasteiger partial charge in [-0.1, -0.05) is 26.0 Å². The number of halogens is 1. The molecule has 1 unspecified atom stereocenters. The average Bonchev–Trinajstić information content (AvgIpc) is 2.44. The molecule has 0 aromatic heterocycles. The molecule has 0 spiro atoms. The molecule has 0 fully saturated rings. The lowest BCUT2D eigenvalue weighted by molar-refractivity contribution is -0.122. The summed E-state index contributed by atoms with van der Waals surface area (Å²) in [6.45, 7) is 6.29. The molecule has 0 bridgehead atoms. The fraction of sp³-hybridized carbons (Fsp3) is 0.467. The van der Waals surface area contributed by atoms with Crippen LogP contribution in [0.25, 0.3) is 0 Å². The second kappa shape index (κ2) is 7.90. The third-order valence-electron chi connectivity index (χ3n) is 2.77. The Morgan fingerprint density at radius 2 is 1.95 bits per heavy atom. The van der Waals surface area contributed by atoms with Crippen molar-refractivity contribution in [3.63, 3.8) is 0 Å². The molecule has 110 valence electrons. The van der Waals surface area contributed by atoms with Crippen LogP contribution in [0.1, 0.15) is 36.7 Å². The van der Waals surface area contributed by atoms with Crippen LogP contribution >= 0.6 is 11.6 Å². The summed E-state index contributed by atoms with van der Waals surface area (Å²) in [5, 5.41) is 5.46. The molecule has 4 nitrogen and oxygen atoms in total. The Bertz CT molecular complexity index is 475. The SMILES string of the molecule is CC(C)CNC(=O)C(C)NC(=O)c1cccc(CCl)c1. The van der Waals surface area contributed by atoms with E-state index in [1.165, 1.54) is 0 Å². The van der Waals surface area contributed by atoms with Crippen LogP contribution in [0.5, 0.6) is 0 Å². The zero-order valence-corrected chi connectivity index (χ0v) is 12.8. The summed E-state index contributed by atoms with van der Waals surface area (Å²) < 4.78 is 0. The lowest BCUT2D eigenvalue weighted by Gasteiger charge is -2.15. The van der Waals surface area contributed by atoms with Crippen molar-refractivity contribution in [1.82, 2.24) is 10.6 Å². The van der Waals surface area contributed by atoms with E-state index in [2.05, 4.69) is 10.6 Å². The van der Waals surface area contributed by atoms with E-state index >= 15 is 0 Å². The fourth-order valence-corrected chi connectivity index (χ4v) is 1.77. The molecule has 0 saturated carbocycles. The molecule has 1 rings (SSSR count). The van der Waals surface area contributed by atoms with Gasteiger partial charge in [0.1, 0.15) is 6.04 Å². The summed E-state index contributed by atoms with van der Waals surface area (Å²) in [6, 6.07) is 6.48. The van der Waals surface area contributed by atoms with E-state index < -0.39 is 6.04 Å². The van der Waals surface area contributed by atoms with Crippen LogP contribution in [-0.2, 0) is 10.7 Å². The summed E-state index contributed by atoms with van der Waals surface area (Å²) in [5.74, 6) is 0.276. The van der Waals surface area contributed by atoms with E-state index in [4.69, 9.17) is 11.6 Å². The van der Waals surface area contributed by atoms with Crippen LogP contribution in [-0.4, -0.2) is 24.4 Å². The van der Waals surface area contributed by atoms with Gasteiger partial charge in [0.05, 0.1) is 0 Å². The lowest BCUT2D eigenvalue weighted by atomic mass is 10.1. The summed E-state index contributed by atoms with van der Waals surface area (Å²) in [5.41, 5.74) is 1.38. The van der Waals surface area contributed by atoms with Gasteiger partial charge in [-0.2, -0.15) is 0 Å². The number of carbonyl (C=O) groups is 2. The first-order valence-electron chi connectivity index (χ1n) is 6.67. The molecule has 20 heavy (non-hydrogen) atoms. The van der Waals surface area contributed by atoms with Gasteiger partial charge in [0.25, 0.3) is 5.91 Å². The molecule has 2 amide bonds. The highest BCUT2D eigenvalue weighted by Crippen LogP contribution is 2.08. The maximum atomic E-state index is 12.0. The van der Waals surface area contributed by atoms with Crippen LogP contribution in [0.4, 0.5) is 0 Å². The molecule has 5 heteroatoms. The van der Waals surface area contributed by atoms with Crippen LogP contribution in [0.15, 0.2) is 24.3 Å². The number of hydrogen-bond acceptors (Lipinski definition) is 2. The predicted octanol–water partition coefficient (Wildman–Crippen LogP) is 2.32. The number of carbonyl (C=O) groups excluding carboxylic acids is 2. The van der Waals surface area contributed by atoms with Crippen LogP contribution in [0.2, 0.25) is 0 Å². The standard InChI is InChI=1S/C15H21ClN2O2/c1-10(2)9-17-14(19)11(3)18-15(20)13-6-4-5-12(7-13)8-16/h4-7,10-11H,8-9H2,1-3H3,(H,17,19)(H,18,20). The predicted molar refractivity (Wildman–Crippen MR) is 80.8 cm³/mol. The first-order valence-corrected chi connectivity index (χ1v) is 7.21. The quantitative estimate of drug-likeness (QED) is 0.792. The Kier molecular flexibility index (Phi) is 6.52. The normalized spacial score (nSPS) is 12.1. The summed E-state index contributed by atoms with van der Waals surface area (Å²) >= 11 is 5.73. The molecule has 0 heterocycles. The molecular weight excluding hydrogens is 276 g/mol. The Balaban J connectivity index is 2.58. The number of hydrogen-bond donors (Lipinski definition) is 2. The van der Waals surface area contributed by atoms with Gasteiger partial charge in [-0.3, -0.25) is 9.59 Å². The summed E-state index contributed by atoms with van der Waals surface area (Å²) in [4.78, 5) is 23.8. The summed E-state index contributed by atoms with van der Waals surface area (Å²) in [7, 11) is 0. The minimum absolute atomic E-state index is 0.180. The van der Waals surface area contributed by atoms with Gasteiger partial charge in [-0.05, 0) is 30.5 Å². The van der Waals surface area contributed by atoms with E-state index in [1.54, 1.807) is 25.1 Å². The smallest absolute Gasteiger partial charge is 0.251 e. The maximum absolute atomic E-state index is 12.0. The highest BCUT2D eigenvalue weighted by Gasteiger charge is 2.16. The van der Waals surface area contributed by atoms with Crippen LogP contribution < -0.4 is 10.6 Å². The molecular formula is C15H21ClN2O2. The molecule has 1 aromatic carbocycles. The van der Waals surface area contributed by atoms with E-state index in [-0.39, 0.29) is 11.8 Å². The van der Waals surface area contributed by atoms with Crippen LogP contribution in [0.3, 0.4) is 0 Å². The van der Waals surface area contributed by atoms with Crippen molar-refractivity contribution < 1.29 is 9.59 Å². The van der Waals surface area contributed by atoms with Crippen molar-refractivity contribution in [2.24, 2.45) is 5.92 Å². The highest BCUT2D eigenvalue weighted by molar-refractivity contribution is 6.17. The molecule has 0 radical (unpaired) electrons. The molecule has 2 N–H and O–H groups in total. The summed E-state index contributed by atoms with van der Waals surface area (Å²) in [6.07, 6.45) is 0. The van der Waals surface area contributed by atoms with E-state index in [9.17, 15) is 9.59 Å². The molecule has 1 atom stereocenters. The number of benzene rings is 1. The molecule has 0 aliphatic rings. The Hall–Kier alpha value is -1.55. The number of rotatable bonds is 6. The van der Waals surface area contributed by atoms with Crippen molar-refractivity contribution in [3.8, 4) is 0 Å². The number of alkyl halides is 1. The Morgan fingerprint density at radius 1 is 1.25 bits per heavy atom.